The number of fused-ring (bicyclic) bond motifs is 1. The summed E-state index contributed by atoms with van der Waals surface area (Å²) in [5, 5.41) is 23.8. The number of aromatic nitrogens is 2. The molecule has 3 N–H and O–H groups in total. The molecule has 0 radical (unpaired) electrons. The molecule has 0 aliphatic heterocycles. The van der Waals surface area contributed by atoms with E-state index in [2.05, 4.69) is 15.3 Å². The van der Waals surface area contributed by atoms with Crippen LogP contribution < -0.4 is 10.1 Å². The summed E-state index contributed by atoms with van der Waals surface area (Å²) in [5.41, 5.74) is -7.87. The number of carbonyl (C=O) groups is 1. The van der Waals surface area contributed by atoms with Gasteiger partial charge in [0.05, 0.1) is 29.0 Å². The molecule has 0 spiro atoms. The maximum Gasteiger partial charge on any atom is 0.424 e. The fraction of sp³-hybridized carbons (Fsp3) is 0.323. The summed E-state index contributed by atoms with van der Waals surface area (Å²) in [4.78, 5) is 21.3. The number of alkyl halides is 3. The van der Waals surface area contributed by atoms with Gasteiger partial charge >= 0.3 is 6.18 Å². The summed E-state index contributed by atoms with van der Waals surface area (Å²) in [6.45, 7) is 2.39. The summed E-state index contributed by atoms with van der Waals surface area (Å²) in [6, 6.07) is 8.74. The molecule has 7 nitrogen and oxygen atoms in total. The number of ether oxygens (including phenoxy) is 1. The molecule has 0 saturated heterocycles. The molecule has 13 heteroatoms. The van der Waals surface area contributed by atoms with Crippen LogP contribution in [0.2, 0.25) is 5.02 Å². The zero-order chi connectivity index (χ0) is 32.2. The zero-order valence-electron chi connectivity index (χ0n) is 23.7. The molecule has 0 unspecified atom stereocenters. The van der Waals surface area contributed by atoms with Crippen molar-refractivity contribution >= 4 is 28.4 Å². The van der Waals surface area contributed by atoms with Crippen molar-refractivity contribution in [3.63, 3.8) is 0 Å². The molecular formula is C31H27ClF5N3O4. The van der Waals surface area contributed by atoms with Crippen molar-refractivity contribution in [1.29, 1.82) is 0 Å². The largest absolute Gasteiger partial charge is 0.488 e. The molecule has 1 amide bonds. The van der Waals surface area contributed by atoms with Gasteiger partial charge in [0.25, 0.3) is 5.91 Å². The summed E-state index contributed by atoms with van der Waals surface area (Å²) in [7, 11) is 0. The fourth-order valence-corrected chi connectivity index (χ4v) is 5.16. The lowest BCUT2D eigenvalue weighted by atomic mass is 9.89. The molecular weight excluding hydrogens is 609 g/mol. The number of amides is 1. The first-order valence-corrected chi connectivity index (χ1v) is 13.9. The van der Waals surface area contributed by atoms with E-state index >= 15 is 4.39 Å². The number of pyridine rings is 2. The van der Waals surface area contributed by atoms with Gasteiger partial charge in [-0.2, -0.15) is 13.2 Å². The van der Waals surface area contributed by atoms with Crippen molar-refractivity contribution in [2.75, 3.05) is 6.54 Å². The topological polar surface area (TPSA) is 105 Å². The molecule has 1 atom stereocenters. The average molecular weight is 636 g/mol. The number of aryl methyl sites for hydroxylation is 1. The fourth-order valence-electron chi connectivity index (χ4n) is 4.69. The summed E-state index contributed by atoms with van der Waals surface area (Å²) >= 11 is 6.33. The van der Waals surface area contributed by atoms with Gasteiger partial charge in [0.1, 0.15) is 22.8 Å². The Morgan fingerprint density at radius 2 is 1.75 bits per heavy atom. The van der Waals surface area contributed by atoms with E-state index in [9.17, 15) is 32.6 Å². The van der Waals surface area contributed by atoms with Crippen molar-refractivity contribution in [2.45, 2.75) is 57.1 Å². The first-order chi connectivity index (χ1) is 20.5. The van der Waals surface area contributed by atoms with Gasteiger partial charge in [-0.3, -0.25) is 9.78 Å². The van der Waals surface area contributed by atoms with E-state index in [1.165, 1.54) is 12.1 Å². The highest BCUT2D eigenvalue weighted by Gasteiger charge is 2.58. The zero-order valence-corrected chi connectivity index (χ0v) is 24.4. The minimum absolute atomic E-state index is 0.0139. The molecule has 1 aliphatic rings. The number of hydrogen-bond donors (Lipinski definition) is 3. The van der Waals surface area contributed by atoms with Crippen LogP contribution in [0.25, 0.3) is 22.2 Å². The van der Waals surface area contributed by atoms with Gasteiger partial charge in [0.2, 0.25) is 5.60 Å². The standard InChI is InChI=1S/C31H27ClF5N3O4/c1-15-10-17-11-18(12-21(25(17)38-13-15)44-20-8-9-20)28(41)39-14-30(43,31(35,36)37)27-24(34)22(29(2,3)42)23(32)26(40-27)16-4-6-19(33)7-5-16/h4-7,10-13,20,42-43H,8-9,14H2,1-3H3,(H,39,41)/t30-/m0/s1. The molecule has 0 bridgehead atoms. The molecule has 1 aliphatic carbocycles. The van der Waals surface area contributed by atoms with Crippen LogP contribution in [0.5, 0.6) is 5.75 Å². The Morgan fingerprint density at radius 3 is 2.34 bits per heavy atom. The molecule has 1 fully saturated rings. The molecule has 4 aromatic rings. The Hall–Kier alpha value is -3.87. The van der Waals surface area contributed by atoms with E-state index in [0.29, 0.717) is 10.9 Å². The molecule has 44 heavy (non-hydrogen) atoms. The van der Waals surface area contributed by atoms with E-state index in [0.717, 1.165) is 56.5 Å². The minimum Gasteiger partial charge on any atom is -0.488 e. The third-order valence-corrected chi connectivity index (χ3v) is 7.51. The van der Waals surface area contributed by atoms with Gasteiger partial charge in [-0.15, -0.1) is 0 Å². The number of nitrogens with one attached hydrogen (secondary N) is 1. The molecule has 2 aromatic heterocycles. The van der Waals surface area contributed by atoms with Gasteiger partial charge in [-0.25, -0.2) is 13.8 Å². The van der Waals surface area contributed by atoms with E-state index in [1.807, 2.05) is 0 Å². The number of carbonyl (C=O) groups excluding carboxylic acids is 1. The van der Waals surface area contributed by atoms with Crippen LogP contribution in [0.1, 0.15) is 53.9 Å². The number of benzene rings is 2. The van der Waals surface area contributed by atoms with Gasteiger partial charge in [0.15, 0.2) is 5.82 Å². The quantitative estimate of drug-likeness (QED) is 0.191. The average Bonchev–Trinajstić information content (AvgIpc) is 3.74. The normalized spacial score (nSPS) is 15.2. The SMILES string of the molecule is Cc1cnc2c(OC3CC3)cc(C(=O)NC[C@](O)(c3nc(-c4ccc(F)cc4)c(Cl)c(C(C)(C)O)c3F)C(F)(F)F)cc2c1. The lowest BCUT2D eigenvalue weighted by Crippen LogP contribution is -2.52. The van der Waals surface area contributed by atoms with Gasteiger partial charge in [-0.1, -0.05) is 11.6 Å². The highest BCUT2D eigenvalue weighted by Crippen LogP contribution is 2.45. The Morgan fingerprint density at radius 1 is 1.09 bits per heavy atom. The number of halogens is 6. The highest BCUT2D eigenvalue weighted by molar-refractivity contribution is 6.34. The first-order valence-electron chi connectivity index (χ1n) is 13.5. The first kappa shape index (κ1) is 31.6. The van der Waals surface area contributed by atoms with Crippen molar-refractivity contribution in [3.05, 3.63) is 87.7 Å². The van der Waals surface area contributed by atoms with E-state index < -0.39 is 63.4 Å². The molecule has 232 valence electrons. The van der Waals surface area contributed by atoms with Gasteiger partial charge < -0.3 is 20.3 Å². The van der Waals surface area contributed by atoms with Crippen LogP contribution >= 0.6 is 11.6 Å². The van der Waals surface area contributed by atoms with Crippen molar-refractivity contribution in [3.8, 4) is 17.0 Å². The number of aliphatic hydroxyl groups is 2. The molecule has 2 heterocycles. The Balaban J connectivity index is 1.58. The van der Waals surface area contributed by atoms with Crippen LogP contribution in [0.15, 0.2) is 48.7 Å². The molecule has 5 rings (SSSR count). The second kappa shape index (κ2) is 11.2. The number of rotatable bonds is 8. The van der Waals surface area contributed by atoms with Crippen LogP contribution in [0.4, 0.5) is 22.0 Å². The van der Waals surface area contributed by atoms with E-state index in [4.69, 9.17) is 16.3 Å². The summed E-state index contributed by atoms with van der Waals surface area (Å²) in [5.74, 6) is -3.15. The third kappa shape index (κ3) is 6.06. The Kier molecular flexibility index (Phi) is 8.06. The number of hydrogen-bond acceptors (Lipinski definition) is 6. The molecule has 2 aromatic carbocycles. The third-order valence-electron chi connectivity index (χ3n) is 7.14. The second-order valence-electron chi connectivity index (χ2n) is 11.3. The Labute approximate surface area is 253 Å². The maximum atomic E-state index is 15.9. The van der Waals surface area contributed by atoms with Gasteiger partial charge in [0, 0.05) is 28.3 Å². The van der Waals surface area contributed by atoms with E-state index in [-0.39, 0.29) is 23.0 Å². The van der Waals surface area contributed by atoms with Crippen LogP contribution in [0, 0.1) is 18.6 Å². The lowest BCUT2D eigenvalue weighted by molar-refractivity contribution is -0.266. The summed E-state index contributed by atoms with van der Waals surface area (Å²) < 4.78 is 79.2. The predicted molar refractivity (Wildman–Crippen MR) is 152 cm³/mol. The smallest absolute Gasteiger partial charge is 0.424 e. The van der Waals surface area contributed by atoms with Crippen LogP contribution in [0.3, 0.4) is 0 Å². The highest BCUT2D eigenvalue weighted by atomic mass is 35.5. The lowest BCUT2D eigenvalue weighted by Gasteiger charge is -2.33. The van der Waals surface area contributed by atoms with Crippen LogP contribution in [-0.4, -0.2) is 44.9 Å². The number of nitrogens with zero attached hydrogens (tertiary/aromatic N) is 2. The Bertz CT molecular complexity index is 1760. The summed E-state index contributed by atoms with van der Waals surface area (Å²) in [6.07, 6.45) is -2.44. The predicted octanol–water partition coefficient (Wildman–Crippen LogP) is 6.49. The molecule has 1 saturated carbocycles. The minimum atomic E-state index is -5.58. The second-order valence-corrected chi connectivity index (χ2v) is 11.7. The van der Waals surface area contributed by atoms with Crippen LogP contribution in [-0.2, 0) is 11.2 Å². The van der Waals surface area contributed by atoms with Crippen molar-refractivity contribution in [2.24, 2.45) is 0 Å². The van der Waals surface area contributed by atoms with E-state index in [1.54, 1.807) is 19.2 Å². The monoisotopic (exact) mass is 635 g/mol. The van der Waals surface area contributed by atoms with Crippen molar-refractivity contribution in [1.82, 2.24) is 15.3 Å². The van der Waals surface area contributed by atoms with Gasteiger partial charge in [-0.05, 0) is 81.6 Å². The van der Waals surface area contributed by atoms with Crippen molar-refractivity contribution < 1.29 is 41.7 Å². The maximum absolute atomic E-state index is 15.9.